The van der Waals surface area contributed by atoms with E-state index >= 15 is 0 Å². The Morgan fingerprint density at radius 3 is 2.52 bits per heavy atom. The number of aryl methyl sites for hydroxylation is 1. The standard InChI is InChI=1S/C21H27N3O/c1-4-24(5-2)14-13-22-20-16-10-6-7-11-17(16)21(25)23-19-15(3)9-8-12-18(19)20/h6-12,20,22H,4-5,13-14H2,1-3H3,(H,23,25). The van der Waals surface area contributed by atoms with Crippen LogP contribution < -0.4 is 10.6 Å². The molecule has 1 unspecified atom stereocenters. The van der Waals surface area contributed by atoms with E-state index in [1.54, 1.807) is 0 Å². The van der Waals surface area contributed by atoms with E-state index < -0.39 is 0 Å². The number of likely N-dealkylation sites (N-methyl/N-ethyl adjacent to an activating group) is 1. The molecule has 4 nitrogen and oxygen atoms in total. The Morgan fingerprint density at radius 2 is 1.76 bits per heavy atom. The molecule has 0 fully saturated rings. The molecule has 3 rings (SSSR count). The van der Waals surface area contributed by atoms with Gasteiger partial charge in [-0.05, 0) is 42.8 Å². The van der Waals surface area contributed by atoms with Gasteiger partial charge in [-0.1, -0.05) is 50.2 Å². The molecule has 0 saturated carbocycles. The molecule has 0 aromatic heterocycles. The Kier molecular flexibility index (Phi) is 5.51. The average molecular weight is 337 g/mol. The quantitative estimate of drug-likeness (QED) is 0.847. The van der Waals surface area contributed by atoms with Crippen LogP contribution in [0.2, 0.25) is 0 Å². The van der Waals surface area contributed by atoms with E-state index in [9.17, 15) is 4.79 Å². The molecule has 1 heterocycles. The van der Waals surface area contributed by atoms with Gasteiger partial charge in [-0.2, -0.15) is 0 Å². The molecule has 2 aromatic rings. The number of hydrogen-bond acceptors (Lipinski definition) is 3. The average Bonchev–Trinajstić information content (AvgIpc) is 2.75. The minimum absolute atomic E-state index is 0.0145. The zero-order valence-electron chi connectivity index (χ0n) is 15.3. The summed E-state index contributed by atoms with van der Waals surface area (Å²) < 4.78 is 0. The van der Waals surface area contributed by atoms with Crippen LogP contribution in [0.3, 0.4) is 0 Å². The molecule has 1 amide bonds. The van der Waals surface area contributed by atoms with Crippen molar-refractivity contribution in [1.82, 2.24) is 10.2 Å². The smallest absolute Gasteiger partial charge is 0.256 e. The Morgan fingerprint density at radius 1 is 1.04 bits per heavy atom. The van der Waals surface area contributed by atoms with E-state index in [0.717, 1.165) is 54.1 Å². The summed E-state index contributed by atoms with van der Waals surface area (Å²) in [4.78, 5) is 15.1. The molecule has 0 spiro atoms. The first-order valence-electron chi connectivity index (χ1n) is 9.11. The number of carbonyl (C=O) groups is 1. The molecular formula is C21H27N3O. The van der Waals surface area contributed by atoms with Crippen LogP contribution in [0.5, 0.6) is 0 Å². The summed E-state index contributed by atoms with van der Waals surface area (Å²) >= 11 is 0. The first kappa shape index (κ1) is 17.6. The van der Waals surface area contributed by atoms with Crippen LogP contribution in [0, 0.1) is 6.92 Å². The maximum Gasteiger partial charge on any atom is 0.256 e. The molecule has 2 N–H and O–H groups in total. The molecule has 132 valence electrons. The van der Waals surface area contributed by atoms with Crippen molar-refractivity contribution in [2.45, 2.75) is 26.8 Å². The number of fused-ring (bicyclic) bond motifs is 2. The molecule has 2 aromatic carbocycles. The van der Waals surface area contributed by atoms with Gasteiger partial charge in [-0.3, -0.25) is 4.79 Å². The zero-order valence-corrected chi connectivity index (χ0v) is 15.3. The summed E-state index contributed by atoms with van der Waals surface area (Å²) in [7, 11) is 0. The maximum absolute atomic E-state index is 12.7. The SMILES string of the molecule is CCN(CC)CCNC1c2ccccc2C(=O)Nc2c(C)cccc21. The normalized spacial score (nSPS) is 16.2. The minimum Gasteiger partial charge on any atom is -0.321 e. The molecule has 25 heavy (non-hydrogen) atoms. The van der Waals surface area contributed by atoms with Gasteiger partial charge in [0.2, 0.25) is 0 Å². The molecular weight excluding hydrogens is 310 g/mol. The fourth-order valence-corrected chi connectivity index (χ4v) is 3.53. The Labute approximate surface area is 150 Å². The summed E-state index contributed by atoms with van der Waals surface area (Å²) in [6.45, 7) is 10.4. The number of hydrogen-bond donors (Lipinski definition) is 2. The van der Waals surface area contributed by atoms with Crippen molar-refractivity contribution in [1.29, 1.82) is 0 Å². The van der Waals surface area contributed by atoms with Crippen LogP contribution in [0.25, 0.3) is 0 Å². The number of para-hydroxylation sites is 1. The van der Waals surface area contributed by atoms with Crippen molar-refractivity contribution in [3.63, 3.8) is 0 Å². The van der Waals surface area contributed by atoms with Crippen LogP contribution in [0.4, 0.5) is 5.69 Å². The lowest BCUT2D eigenvalue weighted by Gasteiger charge is -2.24. The van der Waals surface area contributed by atoms with Gasteiger partial charge in [0.15, 0.2) is 0 Å². The monoisotopic (exact) mass is 337 g/mol. The van der Waals surface area contributed by atoms with E-state index in [1.807, 2.05) is 31.2 Å². The fraction of sp³-hybridized carbons (Fsp3) is 0.381. The highest BCUT2D eigenvalue weighted by molar-refractivity contribution is 6.07. The molecule has 0 radical (unpaired) electrons. The van der Waals surface area contributed by atoms with Crippen LogP contribution in [0.15, 0.2) is 42.5 Å². The molecule has 0 saturated heterocycles. The number of benzene rings is 2. The van der Waals surface area contributed by atoms with Crippen molar-refractivity contribution in [3.05, 3.63) is 64.7 Å². The van der Waals surface area contributed by atoms with Gasteiger partial charge >= 0.3 is 0 Å². The van der Waals surface area contributed by atoms with Gasteiger partial charge in [0.25, 0.3) is 5.91 Å². The zero-order chi connectivity index (χ0) is 17.8. The summed E-state index contributed by atoms with van der Waals surface area (Å²) in [5.74, 6) is -0.0285. The maximum atomic E-state index is 12.7. The van der Waals surface area contributed by atoms with Crippen molar-refractivity contribution >= 4 is 11.6 Å². The van der Waals surface area contributed by atoms with E-state index in [1.165, 1.54) is 0 Å². The summed E-state index contributed by atoms with van der Waals surface area (Å²) in [5.41, 5.74) is 4.96. The highest BCUT2D eigenvalue weighted by Crippen LogP contribution is 2.35. The third kappa shape index (κ3) is 3.60. The van der Waals surface area contributed by atoms with Gasteiger partial charge in [-0.15, -0.1) is 0 Å². The first-order chi connectivity index (χ1) is 12.2. The second kappa shape index (κ2) is 7.81. The van der Waals surface area contributed by atoms with Gasteiger partial charge < -0.3 is 15.5 Å². The highest BCUT2D eigenvalue weighted by Gasteiger charge is 2.27. The number of carbonyl (C=O) groups excluding carboxylic acids is 1. The predicted molar refractivity (Wildman–Crippen MR) is 103 cm³/mol. The lowest BCUT2D eigenvalue weighted by Crippen LogP contribution is -2.34. The van der Waals surface area contributed by atoms with Gasteiger partial charge in [-0.25, -0.2) is 0 Å². The number of amides is 1. The fourth-order valence-electron chi connectivity index (χ4n) is 3.53. The van der Waals surface area contributed by atoms with Crippen molar-refractivity contribution < 1.29 is 4.79 Å². The van der Waals surface area contributed by atoms with Crippen molar-refractivity contribution in [2.75, 3.05) is 31.5 Å². The Hall–Kier alpha value is -2.17. The van der Waals surface area contributed by atoms with Crippen LogP contribution in [-0.4, -0.2) is 37.0 Å². The van der Waals surface area contributed by atoms with E-state index in [4.69, 9.17) is 0 Å². The number of nitrogens with one attached hydrogen (secondary N) is 2. The summed E-state index contributed by atoms with van der Waals surface area (Å²) in [6.07, 6.45) is 0. The molecule has 1 aliphatic rings. The predicted octanol–water partition coefficient (Wildman–Crippen LogP) is 3.58. The third-order valence-corrected chi connectivity index (χ3v) is 5.04. The van der Waals surface area contributed by atoms with Crippen LogP contribution >= 0.6 is 0 Å². The second-order valence-corrected chi connectivity index (χ2v) is 6.49. The summed E-state index contributed by atoms with van der Waals surface area (Å²) in [5, 5.41) is 6.80. The minimum atomic E-state index is -0.0285. The largest absolute Gasteiger partial charge is 0.321 e. The Bertz CT molecular complexity index is 753. The Balaban J connectivity index is 1.96. The molecule has 0 bridgehead atoms. The van der Waals surface area contributed by atoms with Crippen molar-refractivity contribution in [2.24, 2.45) is 0 Å². The number of nitrogens with zero attached hydrogens (tertiary/aromatic N) is 1. The number of anilines is 1. The number of rotatable bonds is 6. The molecule has 1 aliphatic heterocycles. The van der Waals surface area contributed by atoms with Gasteiger partial charge in [0.1, 0.15) is 0 Å². The van der Waals surface area contributed by atoms with E-state index in [-0.39, 0.29) is 11.9 Å². The second-order valence-electron chi connectivity index (χ2n) is 6.49. The third-order valence-electron chi connectivity index (χ3n) is 5.04. The van der Waals surface area contributed by atoms with E-state index in [0.29, 0.717) is 0 Å². The molecule has 1 atom stereocenters. The highest BCUT2D eigenvalue weighted by atomic mass is 16.1. The van der Waals surface area contributed by atoms with Gasteiger partial charge in [0.05, 0.1) is 6.04 Å². The lowest BCUT2D eigenvalue weighted by molar-refractivity contribution is 0.102. The molecule has 4 heteroatoms. The molecule has 0 aliphatic carbocycles. The van der Waals surface area contributed by atoms with Crippen LogP contribution in [-0.2, 0) is 0 Å². The summed E-state index contributed by atoms with van der Waals surface area (Å²) in [6, 6.07) is 14.1. The van der Waals surface area contributed by atoms with Gasteiger partial charge in [0, 0.05) is 24.3 Å². The topological polar surface area (TPSA) is 44.4 Å². The first-order valence-corrected chi connectivity index (χ1v) is 9.11. The lowest BCUT2D eigenvalue weighted by atomic mass is 9.93. The van der Waals surface area contributed by atoms with Crippen LogP contribution in [0.1, 0.15) is 46.9 Å². The van der Waals surface area contributed by atoms with E-state index in [2.05, 4.69) is 47.6 Å². The van der Waals surface area contributed by atoms with Crippen molar-refractivity contribution in [3.8, 4) is 0 Å².